The summed E-state index contributed by atoms with van der Waals surface area (Å²) in [4.78, 5) is 3.71. The normalized spacial score (nSPS) is 24.2. The van der Waals surface area contributed by atoms with E-state index in [4.69, 9.17) is 0 Å². The van der Waals surface area contributed by atoms with E-state index in [1.54, 1.807) is 0 Å². The number of hydrogen-bond acceptors (Lipinski definition) is 5. The lowest BCUT2D eigenvalue weighted by atomic mass is 9.78. The molecule has 1 aromatic heterocycles. The number of allylic oxidation sites excluding steroid dienone is 1. The molecule has 0 unspecified atom stereocenters. The average Bonchev–Trinajstić information content (AvgIpc) is 2.88. The van der Waals surface area contributed by atoms with Crippen LogP contribution in [0.5, 0.6) is 0 Å². The Balaban J connectivity index is 2.05. The molecular formula is C15H25N3OS. The maximum absolute atomic E-state index is 9.76. The van der Waals surface area contributed by atoms with Crippen molar-refractivity contribution in [3.05, 3.63) is 23.2 Å². The third-order valence-electron chi connectivity index (χ3n) is 4.15. The number of nitrogens with zero attached hydrogens (tertiary/aromatic N) is 3. The molecular weight excluding hydrogens is 270 g/mol. The SMILES string of the molecule is C=CC[C@@]1(CO)CCCN(Cc2snnc2C(C)C)C1. The number of likely N-dealkylation sites (tertiary alicyclic amines) is 1. The molecule has 0 bridgehead atoms. The van der Waals surface area contributed by atoms with Gasteiger partial charge in [0, 0.05) is 18.5 Å². The molecule has 0 aromatic carbocycles. The van der Waals surface area contributed by atoms with E-state index in [0.29, 0.717) is 5.92 Å². The van der Waals surface area contributed by atoms with E-state index >= 15 is 0 Å². The molecule has 1 N–H and O–H groups in total. The lowest BCUT2D eigenvalue weighted by Gasteiger charge is -2.41. The predicted molar refractivity (Wildman–Crippen MR) is 82.8 cm³/mol. The summed E-state index contributed by atoms with van der Waals surface area (Å²) < 4.78 is 4.10. The van der Waals surface area contributed by atoms with Gasteiger partial charge in [0.15, 0.2) is 0 Å². The molecule has 1 aromatic rings. The molecule has 1 fully saturated rings. The van der Waals surface area contributed by atoms with Crippen LogP contribution in [0.2, 0.25) is 0 Å². The molecule has 4 nitrogen and oxygen atoms in total. The van der Waals surface area contributed by atoms with Crippen LogP contribution in [-0.2, 0) is 6.54 Å². The lowest BCUT2D eigenvalue weighted by molar-refractivity contribution is 0.0312. The zero-order valence-corrected chi connectivity index (χ0v) is 13.3. The van der Waals surface area contributed by atoms with Crippen molar-refractivity contribution in [2.75, 3.05) is 19.7 Å². The summed E-state index contributed by atoms with van der Waals surface area (Å²) in [7, 11) is 0. The molecule has 1 aliphatic rings. The van der Waals surface area contributed by atoms with Gasteiger partial charge in [0.05, 0.1) is 17.2 Å². The molecule has 0 aliphatic carbocycles. The maximum atomic E-state index is 9.76. The number of piperidine rings is 1. The van der Waals surface area contributed by atoms with Gasteiger partial charge < -0.3 is 5.11 Å². The minimum absolute atomic E-state index is 0.00386. The van der Waals surface area contributed by atoms with Crippen molar-refractivity contribution in [2.24, 2.45) is 5.41 Å². The molecule has 0 radical (unpaired) electrons. The highest BCUT2D eigenvalue weighted by Crippen LogP contribution is 2.34. The van der Waals surface area contributed by atoms with E-state index in [-0.39, 0.29) is 12.0 Å². The van der Waals surface area contributed by atoms with Gasteiger partial charge in [-0.2, -0.15) is 0 Å². The van der Waals surface area contributed by atoms with E-state index in [0.717, 1.165) is 44.6 Å². The van der Waals surface area contributed by atoms with E-state index < -0.39 is 0 Å². The highest BCUT2D eigenvalue weighted by atomic mass is 32.1. The minimum atomic E-state index is -0.00386. The Labute approximate surface area is 125 Å². The van der Waals surface area contributed by atoms with Gasteiger partial charge in [-0.05, 0) is 43.3 Å². The van der Waals surface area contributed by atoms with Crippen LogP contribution in [0.4, 0.5) is 0 Å². The first-order chi connectivity index (χ1) is 9.60. The van der Waals surface area contributed by atoms with Crippen molar-refractivity contribution in [1.82, 2.24) is 14.5 Å². The third kappa shape index (κ3) is 3.45. The molecule has 1 saturated heterocycles. The summed E-state index contributed by atoms with van der Waals surface area (Å²) in [5, 5.41) is 14.0. The van der Waals surface area contributed by atoms with Gasteiger partial charge in [-0.25, -0.2) is 0 Å². The second-order valence-corrected chi connectivity index (χ2v) is 7.04. The van der Waals surface area contributed by atoms with Crippen LogP contribution in [-0.4, -0.2) is 39.3 Å². The Bertz CT molecular complexity index is 446. The van der Waals surface area contributed by atoms with Crippen LogP contribution < -0.4 is 0 Å². The number of aliphatic hydroxyl groups is 1. The van der Waals surface area contributed by atoms with Crippen molar-refractivity contribution >= 4 is 11.5 Å². The minimum Gasteiger partial charge on any atom is -0.396 e. The summed E-state index contributed by atoms with van der Waals surface area (Å²) in [6.45, 7) is 11.3. The van der Waals surface area contributed by atoms with Crippen LogP contribution in [0, 0.1) is 5.41 Å². The van der Waals surface area contributed by atoms with E-state index in [9.17, 15) is 5.11 Å². The molecule has 1 aliphatic heterocycles. The summed E-state index contributed by atoms with van der Waals surface area (Å²) in [5.41, 5.74) is 1.12. The first-order valence-electron chi connectivity index (χ1n) is 7.35. The monoisotopic (exact) mass is 295 g/mol. The summed E-state index contributed by atoms with van der Waals surface area (Å²) in [6.07, 6.45) is 5.05. The summed E-state index contributed by atoms with van der Waals surface area (Å²) in [5.74, 6) is 0.421. The van der Waals surface area contributed by atoms with Crippen LogP contribution in [0.25, 0.3) is 0 Å². The smallest absolute Gasteiger partial charge is 0.0826 e. The van der Waals surface area contributed by atoms with Gasteiger partial charge in [-0.15, -0.1) is 11.7 Å². The van der Waals surface area contributed by atoms with Crippen LogP contribution in [0.3, 0.4) is 0 Å². The van der Waals surface area contributed by atoms with Crippen molar-refractivity contribution in [3.8, 4) is 0 Å². The molecule has 1 atom stereocenters. The highest BCUT2D eigenvalue weighted by Gasteiger charge is 2.34. The third-order valence-corrected chi connectivity index (χ3v) is 4.87. The fourth-order valence-electron chi connectivity index (χ4n) is 3.08. The predicted octanol–water partition coefficient (Wildman–Crippen LogP) is 2.81. The number of aliphatic hydroxyl groups excluding tert-OH is 1. The van der Waals surface area contributed by atoms with E-state index in [1.165, 1.54) is 16.4 Å². The van der Waals surface area contributed by atoms with Gasteiger partial charge in [0.2, 0.25) is 0 Å². The highest BCUT2D eigenvalue weighted by molar-refractivity contribution is 7.05. The first kappa shape index (κ1) is 15.6. The largest absolute Gasteiger partial charge is 0.396 e. The maximum Gasteiger partial charge on any atom is 0.0826 e. The van der Waals surface area contributed by atoms with Gasteiger partial charge in [0.1, 0.15) is 0 Å². The summed E-state index contributed by atoms with van der Waals surface area (Å²) in [6, 6.07) is 0. The summed E-state index contributed by atoms with van der Waals surface area (Å²) >= 11 is 1.51. The lowest BCUT2D eigenvalue weighted by Crippen LogP contribution is -2.44. The molecule has 20 heavy (non-hydrogen) atoms. The standard InChI is InChI=1S/C15H25N3OS/c1-4-6-15(11-19)7-5-8-18(10-15)9-13-14(12(2)3)16-17-20-13/h4,12,19H,1,5-11H2,2-3H3/t15-/m1/s1. The second kappa shape index (κ2) is 6.78. The molecule has 0 saturated carbocycles. The zero-order chi connectivity index (χ0) is 14.6. The molecule has 0 amide bonds. The topological polar surface area (TPSA) is 49.2 Å². The quantitative estimate of drug-likeness (QED) is 0.820. The van der Waals surface area contributed by atoms with E-state index in [2.05, 4.69) is 34.9 Å². The Kier molecular flexibility index (Phi) is 5.29. The Morgan fingerprint density at radius 3 is 3.00 bits per heavy atom. The number of hydrogen-bond donors (Lipinski definition) is 1. The number of aromatic nitrogens is 2. The van der Waals surface area contributed by atoms with Crippen molar-refractivity contribution in [3.63, 3.8) is 0 Å². The fraction of sp³-hybridized carbons (Fsp3) is 0.733. The second-order valence-electron chi connectivity index (χ2n) is 6.20. The van der Waals surface area contributed by atoms with Crippen molar-refractivity contribution in [1.29, 1.82) is 0 Å². The first-order valence-corrected chi connectivity index (χ1v) is 8.13. The Morgan fingerprint density at radius 1 is 1.55 bits per heavy atom. The molecule has 2 heterocycles. The van der Waals surface area contributed by atoms with Gasteiger partial charge in [-0.1, -0.05) is 24.4 Å². The molecule has 0 spiro atoms. The Morgan fingerprint density at radius 2 is 2.35 bits per heavy atom. The van der Waals surface area contributed by atoms with E-state index in [1.807, 2.05) is 6.08 Å². The van der Waals surface area contributed by atoms with Crippen molar-refractivity contribution < 1.29 is 5.11 Å². The van der Waals surface area contributed by atoms with Gasteiger partial charge in [-0.3, -0.25) is 4.90 Å². The Hall–Kier alpha value is -0.780. The van der Waals surface area contributed by atoms with Crippen LogP contribution in [0.15, 0.2) is 12.7 Å². The number of rotatable bonds is 6. The van der Waals surface area contributed by atoms with Gasteiger partial charge in [0.25, 0.3) is 0 Å². The van der Waals surface area contributed by atoms with Crippen LogP contribution in [0.1, 0.15) is 49.6 Å². The molecule has 5 heteroatoms. The molecule has 112 valence electrons. The van der Waals surface area contributed by atoms with Crippen LogP contribution >= 0.6 is 11.5 Å². The fourth-order valence-corrected chi connectivity index (χ4v) is 3.92. The van der Waals surface area contributed by atoms with Gasteiger partial charge >= 0.3 is 0 Å². The zero-order valence-electron chi connectivity index (χ0n) is 12.5. The van der Waals surface area contributed by atoms with Crippen molar-refractivity contribution in [2.45, 2.75) is 45.6 Å². The molecule has 2 rings (SSSR count). The average molecular weight is 295 g/mol.